The lowest BCUT2D eigenvalue weighted by Crippen LogP contribution is -2.37. The Morgan fingerprint density at radius 2 is 2.15 bits per heavy atom. The Balaban J connectivity index is 2.04. The van der Waals surface area contributed by atoms with Crippen LogP contribution in [0.3, 0.4) is 0 Å². The molecule has 0 unspecified atom stereocenters. The molecule has 0 saturated heterocycles. The Bertz CT molecular complexity index is 987. The van der Waals surface area contributed by atoms with Gasteiger partial charge in [0.1, 0.15) is 5.82 Å². The van der Waals surface area contributed by atoms with E-state index in [4.69, 9.17) is 17.3 Å². The van der Waals surface area contributed by atoms with Crippen LogP contribution in [0, 0.1) is 24.6 Å². The zero-order valence-electron chi connectivity index (χ0n) is 15.2. The predicted molar refractivity (Wildman–Crippen MR) is 103 cm³/mol. The Morgan fingerprint density at radius 1 is 1.41 bits per heavy atom. The molecule has 1 heterocycles. The highest BCUT2D eigenvalue weighted by Crippen LogP contribution is 2.42. The molecular weight excluding hydrogens is 369 g/mol. The van der Waals surface area contributed by atoms with Crippen molar-refractivity contribution in [2.75, 3.05) is 0 Å². The first-order valence-electron chi connectivity index (χ1n) is 8.86. The molecule has 142 valence electrons. The predicted octanol–water partition coefficient (Wildman–Crippen LogP) is 3.53. The van der Waals surface area contributed by atoms with Crippen LogP contribution in [0.5, 0.6) is 0 Å². The van der Waals surface area contributed by atoms with E-state index in [0.29, 0.717) is 33.6 Å². The van der Waals surface area contributed by atoms with E-state index < -0.39 is 11.7 Å². The number of hydrogen-bond acceptors (Lipinski definition) is 2. The van der Waals surface area contributed by atoms with E-state index in [-0.39, 0.29) is 23.4 Å². The summed E-state index contributed by atoms with van der Waals surface area (Å²) in [6, 6.07) is 1.10. The highest BCUT2D eigenvalue weighted by Gasteiger charge is 2.30. The van der Waals surface area contributed by atoms with Crippen molar-refractivity contribution in [1.29, 1.82) is 0 Å². The van der Waals surface area contributed by atoms with Gasteiger partial charge in [0, 0.05) is 22.7 Å². The number of hydrogen-bond donors (Lipinski definition) is 3. The van der Waals surface area contributed by atoms with Gasteiger partial charge in [0.05, 0.1) is 16.1 Å². The summed E-state index contributed by atoms with van der Waals surface area (Å²) in [5, 5.41) is 3.79. The number of aryl methyl sites for hydroxylation is 1. The van der Waals surface area contributed by atoms with E-state index in [2.05, 4.69) is 22.1 Å². The summed E-state index contributed by atoms with van der Waals surface area (Å²) in [7, 11) is 0. The number of aromatic amines is 1. The number of primary amides is 1. The summed E-state index contributed by atoms with van der Waals surface area (Å²) >= 11 is 6.44. The van der Waals surface area contributed by atoms with Crippen LogP contribution in [0.2, 0.25) is 5.02 Å². The van der Waals surface area contributed by atoms with Crippen molar-refractivity contribution >= 4 is 34.3 Å². The maximum atomic E-state index is 15.0. The van der Waals surface area contributed by atoms with Crippen molar-refractivity contribution in [3.63, 3.8) is 0 Å². The zero-order chi connectivity index (χ0) is 19.7. The normalized spacial score (nSPS) is 19.4. The van der Waals surface area contributed by atoms with Gasteiger partial charge in [0.25, 0.3) is 11.8 Å². The second-order valence-corrected chi connectivity index (χ2v) is 7.28. The summed E-state index contributed by atoms with van der Waals surface area (Å²) in [6.07, 6.45) is 3.01. The van der Waals surface area contributed by atoms with E-state index in [1.165, 1.54) is 6.07 Å². The quantitative estimate of drug-likeness (QED) is 0.701. The van der Waals surface area contributed by atoms with Crippen molar-refractivity contribution in [2.24, 2.45) is 5.73 Å². The van der Waals surface area contributed by atoms with Crippen LogP contribution in [-0.2, 0) is 4.79 Å². The number of H-pyrrole nitrogens is 1. The van der Waals surface area contributed by atoms with Crippen LogP contribution >= 0.6 is 11.6 Å². The lowest BCUT2D eigenvalue weighted by atomic mass is 9.79. The molecule has 2 aromatic rings. The van der Waals surface area contributed by atoms with E-state index >= 15 is 4.39 Å². The van der Waals surface area contributed by atoms with Gasteiger partial charge in [-0.25, -0.2) is 4.39 Å². The third-order valence-corrected chi connectivity index (χ3v) is 5.57. The van der Waals surface area contributed by atoms with Crippen molar-refractivity contribution < 1.29 is 14.0 Å². The second-order valence-electron chi connectivity index (χ2n) is 6.91. The number of nitrogens with two attached hydrogens (primary N) is 1. The molecule has 1 saturated carbocycles. The van der Waals surface area contributed by atoms with Crippen LogP contribution in [0.15, 0.2) is 6.07 Å². The van der Waals surface area contributed by atoms with Gasteiger partial charge in [-0.15, -0.1) is 0 Å². The van der Waals surface area contributed by atoms with E-state index in [9.17, 15) is 9.59 Å². The molecule has 27 heavy (non-hydrogen) atoms. The molecule has 1 fully saturated rings. The van der Waals surface area contributed by atoms with Gasteiger partial charge in [-0.2, -0.15) is 0 Å². The summed E-state index contributed by atoms with van der Waals surface area (Å²) in [5.74, 6) is 3.38. The van der Waals surface area contributed by atoms with Crippen LogP contribution in [-0.4, -0.2) is 22.8 Å². The van der Waals surface area contributed by atoms with Gasteiger partial charge in [-0.3, -0.25) is 9.59 Å². The minimum atomic E-state index is -0.713. The number of aromatic nitrogens is 1. The lowest BCUT2D eigenvalue weighted by molar-refractivity contribution is -0.116. The highest BCUT2D eigenvalue weighted by molar-refractivity contribution is 6.37. The largest absolute Gasteiger partial charge is 0.366 e. The van der Waals surface area contributed by atoms with E-state index in [0.717, 1.165) is 19.3 Å². The number of halogens is 2. The minimum Gasteiger partial charge on any atom is -0.366 e. The summed E-state index contributed by atoms with van der Waals surface area (Å²) in [5.41, 5.74) is 7.09. The SMILES string of the molecule is CC#CC(=O)N[C@H]1CCC[C@@H](c2c(F)cc(C(N)=O)c3[nH]c(C)c(Cl)c23)C1. The standard InChI is InChI=1S/C20H21ClFN3O2/c1-3-5-15(26)25-12-7-4-6-11(8-12)16-14(22)9-13(20(23)27)19-17(16)18(21)10(2)24-19/h9,11-12,24H,4,6-8H2,1-2H3,(H2,23,27)(H,25,26)/t11-,12+/m1/s1. The van der Waals surface area contributed by atoms with Crippen LogP contribution in [0.1, 0.15) is 60.1 Å². The fraction of sp³-hybridized carbons (Fsp3) is 0.400. The average molecular weight is 390 g/mol. The molecule has 2 amide bonds. The van der Waals surface area contributed by atoms with Gasteiger partial charge in [0.15, 0.2) is 0 Å². The molecular formula is C20H21ClFN3O2. The maximum absolute atomic E-state index is 15.0. The molecule has 3 rings (SSSR count). The van der Waals surface area contributed by atoms with Gasteiger partial charge in [-0.05, 0) is 51.0 Å². The fourth-order valence-corrected chi connectivity index (χ4v) is 4.21. The minimum absolute atomic E-state index is 0.0822. The molecule has 5 nitrogen and oxygen atoms in total. The molecule has 1 aromatic carbocycles. The second kappa shape index (κ2) is 7.61. The molecule has 0 radical (unpaired) electrons. The monoisotopic (exact) mass is 389 g/mol. The first-order valence-corrected chi connectivity index (χ1v) is 9.24. The third kappa shape index (κ3) is 3.65. The molecule has 1 aliphatic rings. The molecule has 1 aromatic heterocycles. The number of rotatable bonds is 3. The van der Waals surface area contributed by atoms with Gasteiger partial charge in [-0.1, -0.05) is 23.9 Å². The Morgan fingerprint density at radius 3 is 2.81 bits per heavy atom. The fourth-order valence-electron chi connectivity index (χ4n) is 3.96. The Labute approximate surface area is 161 Å². The molecule has 4 N–H and O–H groups in total. The summed E-state index contributed by atoms with van der Waals surface area (Å²) in [6.45, 7) is 3.37. The van der Waals surface area contributed by atoms with Gasteiger partial charge >= 0.3 is 0 Å². The zero-order valence-corrected chi connectivity index (χ0v) is 16.0. The van der Waals surface area contributed by atoms with E-state index in [1.807, 2.05) is 0 Å². The molecule has 1 aliphatic carbocycles. The van der Waals surface area contributed by atoms with Crippen molar-refractivity contribution in [1.82, 2.24) is 10.3 Å². The molecule has 2 atom stereocenters. The number of nitrogens with one attached hydrogen (secondary N) is 2. The van der Waals surface area contributed by atoms with Gasteiger partial charge in [0.2, 0.25) is 0 Å². The smallest absolute Gasteiger partial charge is 0.296 e. The number of carbonyl (C=O) groups is 2. The van der Waals surface area contributed by atoms with Crippen molar-refractivity contribution in [3.05, 3.63) is 33.7 Å². The van der Waals surface area contributed by atoms with Gasteiger partial charge < -0.3 is 16.0 Å². The number of fused-ring (bicyclic) bond motifs is 1. The lowest BCUT2D eigenvalue weighted by Gasteiger charge is -2.30. The number of amides is 2. The van der Waals surface area contributed by atoms with Crippen LogP contribution in [0.25, 0.3) is 10.9 Å². The third-order valence-electron chi connectivity index (χ3n) is 5.10. The molecule has 0 spiro atoms. The molecule has 0 bridgehead atoms. The first kappa shape index (κ1) is 19.2. The number of carbonyl (C=O) groups excluding carboxylic acids is 2. The molecule has 0 aliphatic heterocycles. The van der Waals surface area contributed by atoms with Crippen LogP contribution in [0.4, 0.5) is 4.39 Å². The average Bonchev–Trinajstić information content (AvgIpc) is 2.90. The van der Waals surface area contributed by atoms with Crippen molar-refractivity contribution in [2.45, 2.75) is 51.5 Å². The summed E-state index contributed by atoms with van der Waals surface area (Å²) < 4.78 is 15.0. The van der Waals surface area contributed by atoms with Crippen molar-refractivity contribution in [3.8, 4) is 11.8 Å². The van der Waals surface area contributed by atoms with Crippen LogP contribution < -0.4 is 11.1 Å². The van der Waals surface area contributed by atoms with E-state index in [1.54, 1.807) is 13.8 Å². The Kier molecular flexibility index (Phi) is 5.43. The maximum Gasteiger partial charge on any atom is 0.296 e. The number of benzene rings is 1. The Hall–Kier alpha value is -2.52. The highest BCUT2D eigenvalue weighted by atomic mass is 35.5. The summed E-state index contributed by atoms with van der Waals surface area (Å²) in [4.78, 5) is 26.6. The topological polar surface area (TPSA) is 88.0 Å². The first-order chi connectivity index (χ1) is 12.8. The molecule has 7 heteroatoms.